The summed E-state index contributed by atoms with van der Waals surface area (Å²) >= 11 is 0. The maximum Gasteiger partial charge on any atom is 0.326 e. The Bertz CT molecular complexity index is 589. The van der Waals surface area contributed by atoms with E-state index in [2.05, 4.69) is 20.8 Å². The van der Waals surface area contributed by atoms with Crippen LogP contribution in [0.5, 0.6) is 0 Å². The predicted molar refractivity (Wildman–Crippen MR) is 81.3 cm³/mol. The zero-order chi connectivity index (χ0) is 18.3. The van der Waals surface area contributed by atoms with Crippen molar-refractivity contribution in [1.82, 2.24) is 20.8 Å². The van der Waals surface area contributed by atoms with Crippen molar-refractivity contribution < 1.29 is 24.0 Å². The molecule has 1 heterocycles. The highest BCUT2D eigenvalue weighted by atomic mass is 16.5. The molecule has 24 heavy (non-hydrogen) atoms. The fourth-order valence-corrected chi connectivity index (χ4v) is 1.75. The number of carbonyl (C=O) groups excluding carboxylic acids is 2. The van der Waals surface area contributed by atoms with Crippen LogP contribution in [0.4, 0.5) is 4.79 Å². The Hall–Kier alpha value is -2.69. The molecule has 0 aliphatic rings. The van der Waals surface area contributed by atoms with Crippen LogP contribution in [0, 0.1) is 5.92 Å². The van der Waals surface area contributed by atoms with Crippen LogP contribution in [-0.4, -0.2) is 39.2 Å². The van der Waals surface area contributed by atoms with E-state index in [9.17, 15) is 14.4 Å². The average Bonchev–Trinajstić information content (AvgIpc) is 2.99. The summed E-state index contributed by atoms with van der Waals surface area (Å²) in [4.78, 5) is 37.4. The van der Waals surface area contributed by atoms with Gasteiger partial charge in [0, 0.05) is 0 Å². The first-order chi connectivity index (χ1) is 11.2. The lowest BCUT2D eigenvalue weighted by Gasteiger charge is -2.13. The fraction of sp³-hybridized carbons (Fsp3) is 0.615. The molecule has 1 rings (SSSR count). The third-order valence-corrected chi connectivity index (χ3v) is 3.45. The van der Waals surface area contributed by atoms with E-state index in [0.717, 1.165) is 6.42 Å². The van der Waals surface area contributed by atoms with Crippen molar-refractivity contribution in [2.75, 3.05) is 0 Å². The minimum absolute atomic E-state index is 0.116. The number of carboxylic acids is 1. The fourth-order valence-electron chi connectivity index (χ4n) is 1.75. The summed E-state index contributed by atoms with van der Waals surface area (Å²) in [5.74, 6) is -1.59. The van der Waals surface area contributed by atoms with Gasteiger partial charge in [-0.25, -0.2) is 9.59 Å². The first-order valence-corrected chi connectivity index (χ1v) is 7.38. The van der Waals surface area contributed by atoms with Gasteiger partial charge < -0.3 is 31.7 Å². The normalized spacial score (nSPS) is 14.5. The Morgan fingerprint density at radius 3 is 2.58 bits per heavy atom. The number of aromatic nitrogens is 2. The van der Waals surface area contributed by atoms with Gasteiger partial charge in [0.1, 0.15) is 6.04 Å². The van der Waals surface area contributed by atoms with Gasteiger partial charge in [-0.1, -0.05) is 25.4 Å². The number of primary amides is 1. The Kier molecular flexibility index (Phi) is 7.11. The SMILES string of the molecule is CCC(C)C(N)c1noc(CNC(=O)NC(CC(N)=O)C(=O)O)n1. The van der Waals surface area contributed by atoms with Gasteiger partial charge in [-0.05, 0) is 5.92 Å². The standard InChI is InChI=1S/C13H22N6O5/c1-3-6(2)10(15)11-18-9(24-19-11)5-16-13(23)17-7(12(21)22)4-8(14)20/h6-7,10H,3-5,15H2,1-2H3,(H2,14,20)(H,21,22)(H2,16,17,23). The molecule has 0 bridgehead atoms. The Morgan fingerprint density at radius 2 is 2.04 bits per heavy atom. The van der Waals surface area contributed by atoms with E-state index in [0.29, 0.717) is 5.82 Å². The Morgan fingerprint density at radius 1 is 1.38 bits per heavy atom. The number of nitrogens with zero attached hydrogens (tertiary/aromatic N) is 2. The highest BCUT2D eigenvalue weighted by molar-refractivity contribution is 5.87. The first-order valence-electron chi connectivity index (χ1n) is 7.38. The van der Waals surface area contributed by atoms with Crippen molar-refractivity contribution in [3.63, 3.8) is 0 Å². The molecular formula is C13H22N6O5. The largest absolute Gasteiger partial charge is 0.480 e. The van der Waals surface area contributed by atoms with Crippen LogP contribution in [0.1, 0.15) is 44.4 Å². The molecule has 1 aromatic heterocycles. The van der Waals surface area contributed by atoms with Crippen LogP contribution in [-0.2, 0) is 16.1 Å². The summed E-state index contributed by atoms with van der Waals surface area (Å²) in [7, 11) is 0. The van der Waals surface area contributed by atoms with Gasteiger partial charge in [0.15, 0.2) is 5.82 Å². The third kappa shape index (κ3) is 5.83. The molecule has 7 N–H and O–H groups in total. The van der Waals surface area contributed by atoms with Crippen LogP contribution in [0.15, 0.2) is 4.52 Å². The monoisotopic (exact) mass is 342 g/mol. The van der Waals surface area contributed by atoms with Crippen molar-refractivity contribution in [3.05, 3.63) is 11.7 Å². The molecule has 0 radical (unpaired) electrons. The minimum Gasteiger partial charge on any atom is -0.480 e. The van der Waals surface area contributed by atoms with Gasteiger partial charge in [-0.3, -0.25) is 4.79 Å². The van der Waals surface area contributed by atoms with Gasteiger partial charge in [-0.15, -0.1) is 0 Å². The molecule has 11 heteroatoms. The van der Waals surface area contributed by atoms with Crippen LogP contribution in [0.25, 0.3) is 0 Å². The van der Waals surface area contributed by atoms with Crippen LogP contribution in [0.2, 0.25) is 0 Å². The molecule has 1 aromatic rings. The zero-order valence-corrected chi connectivity index (χ0v) is 13.5. The van der Waals surface area contributed by atoms with E-state index in [4.69, 9.17) is 21.1 Å². The van der Waals surface area contributed by atoms with E-state index in [1.54, 1.807) is 0 Å². The molecule has 0 saturated heterocycles. The van der Waals surface area contributed by atoms with Gasteiger partial charge in [0.25, 0.3) is 0 Å². The molecule has 134 valence electrons. The predicted octanol–water partition coefficient (Wildman–Crippen LogP) is -0.757. The maximum atomic E-state index is 11.7. The molecule has 0 aliphatic carbocycles. The number of amides is 3. The molecule has 0 spiro atoms. The van der Waals surface area contributed by atoms with Crippen molar-refractivity contribution in [3.8, 4) is 0 Å². The van der Waals surface area contributed by atoms with Gasteiger partial charge in [0.05, 0.1) is 19.0 Å². The second kappa shape index (κ2) is 8.82. The molecule has 0 fully saturated rings. The molecule has 0 saturated carbocycles. The highest BCUT2D eigenvalue weighted by Gasteiger charge is 2.23. The summed E-state index contributed by atoms with van der Waals surface area (Å²) in [6, 6.07) is -2.61. The highest BCUT2D eigenvalue weighted by Crippen LogP contribution is 2.18. The lowest BCUT2D eigenvalue weighted by Crippen LogP contribution is -2.47. The summed E-state index contributed by atoms with van der Waals surface area (Å²) in [5, 5.41) is 17.1. The zero-order valence-electron chi connectivity index (χ0n) is 13.5. The Balaban J connectivity index is 2.54. The quantitative estimate of drug-likeness (QED) is 0.387. The van der Waals surface area contributed by atoms with Crippen LogP contribution < -0.4 is 22.1 Å². The number of carboxylic acid groups (broad SMARTS) is 1. The van der Waals surface area contributed by atoms with Crippen molar-refractivity contribution in [2.24, 2.45) is 17.4 Å². The molecule has 3 atom stereocenters. The number of nitrogens with two attached hydrogens (primary N) is 2. The second-order valence-electron chi connectivity index (χ2n) is 5.35. The maximum absolute atomic E-state index is 11.7. The summed E-state index contributed by atoms with van der Waals surface area (Å²) < 4.78 is 4.97. The molecule has 0 aliphatic heterocycles. The van der Waals surface area contributed by atoms with Crippen molar-refractivity contribution in [2.45, 2.75) is 45.3 Å². The average molecular weight is 342 g/mol. The molecule has 3 unspecified atom stereocenters. The summed E-state index contributed by atoms with van der Waals surface area (Å²) in [5.41, 5.74) is 10.9. The molecule has 0 aromatic carbocycles. The number of rotatable bonds is 9. The molecule has 3 amide bonds. The summed E-state index contributed by atoms with van der Waals surface area (Å²) in [6.45, 7) is 3.83. The van der Waals surface area contributed by atoms with E-state index in [-0.39, 0.29) is 24.4 Å². The number of nitrogens with one attached hydrogen (secondary N) is 2. The van der Waals surface area contributed by atoms with Crippen molar-refractivity contribution >= 4 is 17.9 Å². The van der Waals surface area contributed by atoms with Crippen molar-refractivity contribution in [1.29, 1.82) is 0 Å². The van der Waals surface area contributed by atoms with E-state index >= 15 is 0 Å². The smallest absolute Gasteiger partial charge is 0.326 e. The van der Waals surface area contributed by atoms with E-state index in [1.807, 2.05) is 13.8 Å². The number of hydrogen-bond acceptors (Lipinski definition) is 7. The molecule has 11 nitrogen and oxygen atoms in total. The number of carbonyl (C=O) groups is 3. The topological polar surface area (TPSA) is 186 Å². The van der Waals surface area contributed by atoms with Gasteiger partial charge >= 0.3 is 12.0 Å². The Labute approximate surface area is 138 Å². The van der Waals surface area contributed by atoms with Gasteiger partial charge in [0.2, 0.25) is 11.8 Å². The lowest BCUT2D eigenvalue weighted by atomic mass is 10.00. The number of aliphatic carboxylic acids is 1. The minimum atomic E-state index is -1.42. The van der Waals surface area contributed by atoms with Crippen LogP contribution >= 0.6 is 0 Å². The summed E-state index contributed by atoms with van der Waals surface area (Å²) in [6.07, 6.45) is 0.333. The van der Waals surface area contributed by atoms with E-state index in [1.165, 1.54) is 0 Å². The molecular weight excluding hydrogens is 320 g/mol. The number of urea groups is 1. The second-order valence-corrected chi connectivity index (χ2v) is 5.35. The lowest BCUT2D eigenvalue weighted by molar-refractivity contribution is -0.140. The van der Waals surface area contributed by atoms with E-state index < -0.39 is 30.4 Å². The first kappa shape index (κ1) is 19.4. The third-order valence-electron chi connectivity index (χ3n) is 3.45. The van der Waals surface area contributed by atoms with Crippen LogP contribution in [0.3, 0.4) is 0 Å². The number of hydrogen-bond donors (Lipinski definition) is 5. The van der Waals surface area contributed by atoms with Gasteiger partial charge in [-0.2, -0.15) is 4.98 Å².